The molecule has 0 aliphatic heterocycles. The molecule has 0 fully saturated rings. The van der Waals surface area contributed by atoms with E-state index in [4.69, 9.17) is 21.4 Å². The van der Waals surface area contributed by atoms with Crippen molar-refractivity contribution < 1.29 is 14.6 Å². The third-order valence-electron chi connectivity index (χ3n) is 1.60. The maximum atomic E-state index is 10.8. The van der Waals surface area contributed by atoms with E-state index in [1.165, 1.54) is 13.2 Å². The van der Waals surface area contributed by atoms with Gasteiger partial charge in [-0.3, -0.25) is 0 Å². The molecule has 1 rings (SSSR count). The lowest BCUT2D eigenvalue weighted by molar-refractivity contribution is 0.0697. The molecule has 76 valence electrons. The van der Waals surface area contributed by atoms with Gasteiger partial charge in [0.1, 0.15) is 16.4 Å². The Kier molecular flexibility index (Phi) is 3.14. The molecule has 0 aromatic carbocycles. The summed E-state index contributed by atoms with van der Waals surface area (Å²) in [6, 6.07) is 1.29. The second-order valence-electron chi connectivity index (χ2n) is 2.43. The van der Waals surface area contributed by atoms with Crippen LogP contribution in [0.2, 0.25) is 5.02 Å². The minimum absolute atomic E-state index is 0.0123. The maximum Gasteiger partial charge on any atom is 0.339 e. The van der Waals surface area contributed by atoms with Crippen LogP contribution in [0, 0.1) is 0 Å². The van der Waals surface area contributed by atoms with E-state index in [2.05, 4.69) is 10.3 Å². The minimum Gasteiger partial charge on any atom is -0.480 e. The maximum absolute atomic E-state index is 10.8. The van der Waals surface area contributed by atoms with Crippen LogP contribution in [-0.2, 0) is 0 Å². The van der Waals surface area contributed by atoms with Gasteiger partial charge in [-0.2, -0.15) is 4.98 Å². The SMILES string of the molecule is CNc1nc(OC)c(Cl)cc1C(=O)O. The number of hydrogen-bond acceptors (Lipinski definition) is 4. The Bertz CT molecular complexity index is 368. The van der Waals surface area contributed by atoms with Gasteiger partial charge in [-0.1, -0.05) is 11.6 Å². The van der Waals surface area contributed by atoms with Crippen molar-refractivity contribution in [3.63, 3.8) is 0 Å². The van der Waals surface area contributed by atoms with Crippen molar-refractivity contribution in [3.05, 3.63) is 16.7 Å². The van der Waals surface area contributed by atoms with Crippen LogP contribution in [0.5, 0.6) is 5.88 Å². The third-order valence-corrected chi connectivity index (χ3v) is 1.88. The van der Waals surface area contributed by atoms with E-state index >= 15 is 0 Å². The van der Waals surface area contributed by atoms with Gasteiger partial charge < -0.3 is 15.2 Å². The van der Waals surface area contributed by atoms with E-state index in [0.717, 1.165) is 0 Å². The number of ether oxygens (including phenoxy) is 1. The Morgan fingerprint density at radius 2 is 2.36 bits per heavy atom. The highest BCUT2D eigenvalue weighted by atomic mass is 35.5. The first-order valence-electron chi connectivity index (χ1n) is 3.75. The zero-order chi connectivity index (χ0) is 10.7. The van der Waals surface area contributed by atoms with Crippen LogP contribution in [0.4, 0.5) is 5.82 Å². The van der Waals surface area contributed by atoms with E-state index in [-0.39, 0.29) is 22.3 Å². The molecule has 1 aromatic heterocycles. The summed E-state index contributed by atoms with van der Waals surface area (Å²) in [6.45, 7) is 0. The van der Waals surface area contributed by atoms with E-state index in [9.17, 15) is 4.79 Å². The number of methoxy groups -OCH3 is 1. The van der Waals surface area contributed by atoms with Gasteiger partial charge >= 0.3 is 5.97 Å². The van der Waals surface area contributed by atoms with Crippen LogP contribution in [0.25, 0.3) is 0 Å². The van der Waals surface area contributed by atoms with Gasteiger partial charge in [-0.05, 0) is 6.07 Å². The van der Waals surface area contributed by atoms with Gasteiger partial charge in [0.25, 0.3) is 0 Å². The van der Waals surface area contributed by atoms with Crippen LogP contribution in [-0.4, -0.2) is 30.2 Å². The lowest BCUT2D eigenvalue weighted by atomic mass is 10.2. The Morgan fingerprint density at radius 3 is 2.79 bits per heavy atom. The normalized spacial score (nSPS) is 9.64. The molecule has 5 nitrogen and oxygen atoms in total. The summed E-state index contributed by atoms with van der Waals surface area (Å²) in [5, 5.41) is 11.6. The second kappa shape index (κ2) is 4.15. The monoisotopic (exact) mass is 216 g/mol. The molecule has 14 heavy (non-hydrogen) atoms. The lowest BCUT2D eigenvalue weighted by Gasteiger charge is -2.07. The van der Waals surface area contributed by atoms with Gasteiger partial charge in [0.15, 0.2) is 0 Å². The van der Waals surface area contributed by atoms with Crippen molar-refractivity contribution >= 4 is 23.4 Å². The van der Waals surface area contributed by atoms with Crippen molar-refractivity contribution in [2.45, 2.75) is 0 Å². The molecule has 0 atom stereocenters. The Balaban J connectivity index is 3.31. The predicted molar refractivity (Wildman–Crippen MR) is 52.3 cm³/mol. The van der Waals surface area contributed by atoms with Crippen LogP contribution in [0.3, 0.4) is 0 Å². The number of carbonyl (C=O) groups is 1. The van der Waals surface area contributed by atoms with Crippen molar-refractivity contribution in [1.82, 2.24) is 4.98 Å². The molecule has 0 saturated carbocycles. The van der Waals surface area contributed by atoms with Gasteiger partial charge in [-0.25, -0.2) is 4.79 Å². The van der Waals surface area contributed by atoms with Crippen molar-refractivity contribution in [3.8, 4) is 5.88 Å². The Labute approximate surface area is 85.7 Å². The second-order valence-corrected chi connectivity index (χ2v) is 2.84. The number of carboxylic acids is 1. The number of nitrogens with zero attached hydrogens (tertiary/aromatic N) is 1. The fourth-order valence-corrected chi connectivity index (χ4v) is 1.20. The molecule has 0 spiro atoms. The van der Waals surface area contributed by atoms with E-state index in [1.807, 2.05) is 0 Å². The molecule has 0 amide bonds. The van der Waals surface area contributed by atoms with Crippen molar-refractivity contribution in [1.29, 1.82) is 0 Å². The molecular weight excluding hydrogens is 208 g/mol. The average Bonchev–Trinajstić information content (AvgIpc) is 2.17. The quantitative estimate of drug-likeness (QED) is 0.801. The molecule has 1 aromatic rings. The average molecular weight is 217 g/mol. The van der Waals surface area contributed by atoms with Crippen molar-refractivity contribution in [2.75, 3.05) is 19.5 Å². The van der Waals surface area contributed by atoms with Crippen LogP contribution < -0.4 is 10.1 Å². The third kappa shape index (κ3) is 1.88. The lowest BCUT2D eigenvalue weighted by Crippen LogP contribution is -2.06. The molecule has 0 aliphatic rings. The van der Waals surface area contributed by atoms with E-state index < -0.39 is 5.97 Å². The summed E-state index contributed by atoms with van der Waals surface area (Å²) in [6.07, 6.45) is 0. The number of pyridine rings is 1. The molecule has 1 heterocycles. The molecule has 6 heteroatoms. The minimum atomic E-state index is -1.09. The summed E-state index contributed by atoms with van der Waals surface area (Å²) < 4.78 is 4.85. The largest absolute Gasteiger partial charge is 0.480 e. The summed E-state index contributed by atoms with van der Waals surface area (Å²) >= 11 is 5.72. The van der Waals surface area contributed by atoms with Gasteiger partial charge in [0, 0.05) is 7.05 Å². The number of aromatic carboxylic acids is 1. The fourth-order valence-electron chi connectivity index (χ4n) is 0.969. The molecule has 0 saturated heterocycles. The molecule has 0 bridgehead atoms. The van der Waals surface area contributed by atoms with Crippen LogP contribution in [0.1, 0.15) is 10.4 Å². The first-order chi connectivity index (χ1) is 6.60. The summed E-state index contributed by atoms with van der Waals surface area (Å²) in [5.41, 5.74) is 0.0123. The highest BCUT2D eigenvalue weighted by molar-refractivity contribution is 6.32. The fraction of sp³-hybridized carbons (Fsp3) is 0.250. The summed E-state index contributed by atoms with van der Waals surface area (Å²) in [4.78, 5) is 14.6. The van der Waals surface area contributed by atoms with Gasteiger partial charge in [0.2, 0.25) is 5.88 Å². The molecule has 0 aliphatic carbocycles. The highest BCUT2D eigenvalue weighted by Gasteiger charge is 2.15. The zero-order valence-corrected chi connectivity index (χ0v) is 8.42. The summed E-state index contributed by atoms with van der Waals surface area (Å²) in [7, 11) is 2.98. The number of carboxylic acid groups (broad SMARTS) is 1. The Hall–Kier alpha value is -1.49. The van der Waals surface area contributed by atoms with Crippen LogP contribution in [0.15, 0.2) is 6.07 Å². The highest BCUT2D eigenvalue weighted by Crippen LogP contribution is 2.26. The predicted octanol–water partition coefficient (Wildman–Crippen LogP) is 1.48. The smallest absolute Gasteiger partial charge is 0.339 e. The molecular formula is C8H9ClN2O3. The number of rotatable bonds is 3. The topological polar surface area (TPSA) is 71.5 Å². The number of halogens is 1. The first-order valence-corrected chi connectivity index (χ1v) is 4.13. The molecule has 0 unspecified atom stereocenters. The Morgan fingerprint density at radius 1 is 1.71 bits per heavy atom. The first kappa shape index (κ1) is 10.6. The van der Waals surface area contributed by atoms with E-state index in [1.54, 1.807) is 7.05 Å². The number of nitrogens with one attached hydrogen (secondary N) is 1. The van der Waals surface area contributed by atoms with Gasteiger partial charge in [-0.15, -0.1) is 0 Å². The van der Waals surface area contributed by atoms with Crippen LogP contribution >= 0.6 is 11.6 Å². The molecule has 0 radical (unpaired) electrons. The summed E-state index contributed by atoms with van der Waals surface area (Å²) in [5.74, 6) is -0.675. The van der Waals surface area contributed by atoms with Gasteiger partial charge in [0.05, 0.1) is 7.11 Å². The molecule has 2 N–H and O–H groups in total. The zero-order valence-electron chi connectivity index (χ0n) is 7.67. The number of aromatic nitrogens is 1. The number of hydrogen-bond donors (Lipinski definition) is 2. The van der Waals surface area contributed by atoms with E-state index in [0.29, 0.717) is 0 Å². The van der Waals surface area contributed by atoms with Crippen molar-refractivity contribution in [2.24, 2.45) is 0 Å². The number of anilines is 1. The standard InChI is InChI=1S/C8H9ClN2O3/c1-10-6-4(8(12)13)3-5(9)7(11-6)14-2/h3H,1-2H3,(H,10,11)(H,12,13).